The minimum absolute atomic E-state index is 0.0933. The van der Waals surface area contributed by atoms with E-state index in [4.69, 9.17) is 11.5 Å². The molecule has 1 rings (SSSR count). The van der Waals surface area contributed by atoms with Crippen LogP contribution in [0.3, 0.4) is 0 Å². The molecule has 0 unspecified atom stereocenters. The molecule has 1 amide bonds. The fourth-order valence-electron chi connectivity index (χ4n) is 1.79. The molecule has 0 saturated heterocycles. The van der Waals surface area contributed by atoms with Gasteiger partial charge in [-0.15, -0.1) is 11.8 Å². The largest absolute Gasteiger partial charge is 0.430 e. The van der Waals surface area contributed by atoms with E-state index in [1.807, 2.05) is 0 Å². The van der Waals surface area contributed by atoms with Crippen LogP contribution < -0.4 is 22.1 Å². The van der Waals surface area contributed by atoms with Crippen LogP contribution in [0.25, 0.3) is 0 Å². The highest BCUT2D eigenvalue weighted by Gasteiger charge is 2.33. The molecule has 6 nitrogen and oxygen atoms in total. The first-order valence-corrected chi connectivity index (χ1v) is 8.53. The van der Waals surface area contributed by atoms with Crippen molar-refractivity contribution in [3.05, 3.63) is 40.2 Å². The van der Waals surface area contributed by atoms with Crippen molar-refractivity contribution in [2.75, 3.05) is 23.4 Å². The van der Waals surface area contributed by atoms with Crippen molar-refractivity contribution in [1.29, 1.82) is 0 Å². The number of thioether (sulfide) groups is 1. The van der Waals surface area contributed by atoms with Crippen molar-refractivity contribution in [3.8, 4) is 0 Å². The minimum atomic E-state index is -4.83. The number of hydrogen-bond acceptors (Lipinski definition) is 6. The average molecular weight is 429 g/mol. The second-order valence-corrected chi connectivity index (χ2v) is 6.44. The van der Waals surface area contributed by atoms with Gasteiger partial charge in [-0.2, -0.15) is 26.3 Å². The van der Waals surface area contributed by atoms with Gasteiger partial charge in [0.05, 0.1) is 11.3 Å². The number of hydrogen-bond donors (Lipinski definition) is 4. The maximum Gasteiger partial charge on any atom is 0.430 e. The molecule has 1 heterocycles. The fourth-order valence-corrected chi connectivity index (χ4v) is 2.56. The predicted molar refractivity (Wildman–Crippen MR) is 95.1 cm³/mol. The minimum Gasteiger partial charge on any atom is -0.395 e. The Morgan fingerprint density at radius 2 is 1.86 bits per heavy atom. The lowest BCUT2D eigenvalue weighted by Crippen LogP contribution is -2.24. The highest BCUT2D eigenvalue weighted by atomic mass is 32.2. The summed E-state index contributed by atoms with van der Waals surface area (Å²) in [5, 5.41) is 4.60. The molecule has 0 radical (unpaired) electrons. The number of halogens is 6. The highest BCUT2D eigenvalue weighted by molar-refractivity contribution is 8.03. The number of carbonyl (C=O) groups is 1. The monoisotopic (exact) mass is 429 g/mol. The van der Waals surface area contributed by atoms with Crippen molar-refractivity contribution in [1.82, 2.24) is 4.98 Å². The third kappa shape index (κ3) is 6.25. The normalized spacial score (nSPS) is 13.8. The summed E-state index contributed by atoms with van der Waals surface area (Å²) in [7, 11) is 1.36. The number of amides is 1. The number of nitrogens with zero attached hydrogens (tertiary/aromatic N) is 1. The lowest BCUT2D eigenvalue weighted by atomic mass is 10.2. The van der Waals surface area contributed by atoms with E-state index in [0.717, 1.165) is 11.8 Å². The van der Waals surface area contributed by atoms with Gasteiger partial charge in [-0.05, 0) is 17.9 Å². The van der Waals surface area contributed by atoms with Crippen molar-refractivity contribution in [2.24, 2.45) is 11.5 Å². The number of nitrogens with one attached hydrogen (secondary N) is 2. The number of alkyl halides is 6. The molecule has 0 spiro atoms. The molecular formula is C15H17F6N5OS. The van der Waals surface area contributed by atoms with Gasteiger partial charge in [-0.25, -0.2) is 4.98 Å². The summed E-state index contributed by atoms with van der Waals surface area (Å²) in [4.78, 5) is 15.6. The summed E-state index contributed by atoms with van der Waals surface area (Å²) < 4.78 is 76.4. The van der Waals surface area contributed by atoms with Gasteiger partial charge >= 0.3 is 12.4 Å². The van der Waals surface area contributed by atoms with Crippen LogP contribution in [-0.4, -0.2) is 29.9 Å². The summed E-state index contributed by atoms with van der Waals surface area (Å²) in [6.45, 7) is 1.60. The molecule has 13 heteroatoms. The maximum atomic E-state index is 12.8. The SMILES string of the molecule is CCSC(/C=C(\N)C(F)(F)F)=C(/N)C(=O)Nc1cc(C(F)(F)F)cnc1NC. The molecule has 0 bridgehead atoms. The van der Waals surface area contributed by atoms with E-state index in [9.17, 15) is 31.1 Å². The Balaban J connectivity index is 3.30. The number of allylic oxidation sites excluding steroid dienone is 2. The quantitative estimate of drug-likeness (QED) is 0.314. The van der Waals surface area contributed by atoms with Gasteiger partial charge < -0.3 is 22.1 Å². The van der Waals surface area contributed by atoms with Crippen LogP contribution in [0.1, 0.15) is 12.5 Å². The van der Waals surface area contributed by atoms with Crippen LogP contribution >= 0.6 is 11.8 Å². The lowest BCUT2D eigenvalue weighted by Gasteiger charge is -2.14. The maximum absolute atomic E-state index is 12.8. The van der Waals surface area contributed by atoms with Crippen molar-refractivity contribution in [2.45, 2.75) is 19.3 Å². The molecule has 156 valence electrons. The van der Waals surface area contributed by atoms with Crippen molar-refractivity contribution in [3.63, 3.8) is 0 Å². The van der Waals surface area contributed by atoms with E-state index in [0.29, 0.717) is 18.3 Å². The van der Waals surface area contributed by atoms with Gasteiger partial charge in [0, 0.05) is 18.1 Å². The zero-order valence-electron chi connectivity index (χ0n) is 14.6. The molecule has 0 aliphatic carbocycles. The van der Waals surface area contributed by atoms with E-state index >= 15 is 0 Å². The molecule has 1 aromatic heterocycles. The molecule has 0 aliphatic rings. The second-order valence-electron chi connectivity index (χ2n) is 5.13. The number of aromatic nitrogens is 1. The number of nitrogens with two attached hydrogens (primary N) is 2. The summed E-state index contributed by atoms with van der Waals surface area (Å²) in [5.74, 6) is -0.943. The van der Waals surface area contributed by atoms with Crippen LogP contribution in [-0.2, 0) is 11.0 Å². The Kier molecular flexibility index (Phi) is 7.61. The van der Waals surface area contributed by atoms with Gasteiger partial charge in [0.15, 0.2) is 0 Å². The molecule has 0 aliphatic heterocycles. The molecule has 0 fully saturated rings. The van der Waals surface area contributed by atoms with E-state index in [1.165, 1.54) is 7.05 Å². The number of carbonyl (C=O) groups excluding carboxylic acids is 1. The fraction of sp³-hybridized carbons (Fsp3) is 0.333. The standard InChI is InChI=1S/C15H17F6N5OS/c1-3-28-9(5-10(22)15(19,20)21)11(23)13(27)26-8-4-7(14(16,17)18)6-25-12(8)24-2/h4-6H,3,22-23H2,1-2H3,(H,24,25)(H,26,27)/b10-5-,11-9+. The van der Waals surface area contributed by atoms with Crippen molar-refractivity contribution < 1.29 is 31.1 Å². The van der Waals surface area contributed by atoms with E-state index in [1.54, 1.807) is 6.92 Å². The number of pyridine rings is 1. The Hall–Kier alpha value is -2.57. The zero-order valence-corrected chi connectivity index (χ0v) is 15.4. The Morgan fingerprint density at radius 1 is 1.25 bits per heavy atom. The summed E-state index contributed by atoms with van der Waals surface area (Å²) >= 11 is 0.811. The summed E-state index contributed by atoms with van der Waals surface area (Å²) in [6, 6.07) is 0.622. The molecule has 6 N–H and O–H groups in total. The summed E-state index contributed by atoms with van der Waals surface area (Å²) in [5.41, 5.74) is 6.97. The first-order valence-electron chi connectivity index (χ1n) is 7.54. The zero-order chi connectivity index (χ0) is 21.7. The number of anilines is 2. The lowest BCUT2D eigenvalue weighted by molar-refractivity contribution is -0.137. The Labute approximate surface area is 160 Å². The average Bonchev–Trinajstić information content (AvgIpc) is 2.58. The van der Waals surface area contributed by atoms with Gasteiger partial charge in [0.2, 0.25) is 0 Å². The molecular weight excluding hydrogens is 412 g/mol. The first-order chi connectivity index (χ1) is 12.8. The van der Waals surface area contributed by atoms with E-state index in [-0.39, 0.29) is 22.2 Å². The van der Waals surface area contributed by atoms with Crippen LogP contribution in [0.2, 0.25) is 0 Å². The van der Waals surface area contributed by atoms with Gasteiger partial charge in [0.25, 0.3) is 5.91 Å². The van der Waals surface area contributed by atoms with E-state index in [2.05, 4.69) is 15.6 Å². The molecule has 0 saturated carbocycles. The second kappa shape index (κ2) is 9.08. The smallest absolute Gasteiger partial charge is 0.395 e. The van der Waals surface area contributed by atoms with Crippen LogP contribution in [0.5, 0.6) is 0 Å². The van der Waals surface area contributed by atoms with Crippen LogP contribution in [0.4, 0.5) is 37.8 Å². The Morgan fingerprint density at radius 3 is 2.32 bits per heavy atom. The third-order valence-electron chi connectivity index (χ3n) is 3.12. The summed E-state index contributed by atoms with van der Waals surface area (Å²) in [6.07, 6.45) is -8.49. The van der Waals surface area contributed by atoms with Gasteiger partial charge in [-0.3, -0.25) is 4.79 Å². The highest BCUT2D eigenvalue weighted by Crippen LogP contribution is 2.33. The predicted octanol–water partition coefficient (Wildman–Crippen LogP) is 3.41. The number of rotatable bonds is 6. The van der Waals surface area contributed by atoms with Gasteiger partial charge in [-0.1, -0.05) is 6.92 Å². The molecule has 0 aromatic carbocycles. The van der Waals surface area contributed by atoms with Crippen LogP contribution in [0, 0.1) is 0 Å². The van der Waals surface area contributed by atoms with Crippen LogP contribution in [0.15, 0.2) is 34.6 Å². The van der Waals surface area contributed by atoms with Gasteiger partial charge in [0.1, 0.15) is 17.2 Å². The van der Waals surface area contributed by atoms with E-state index < -0.39 is 35.2 Å². The first kappa shape index (κ1) is 23.5. The third-order valence-corrected chi connectivity index (χ3v) is 4.06. The Bertz CT molecular complexity index is 788. The molecule has 1 aromatic rings. The topological polar surface area (TPSA) is 106 Å². The molecule has 28 heavy (non-hydrogen) atoms. The van der Waals surface area contributed by atoms with Crippen molar-refractivity contribution >= 4 is 29.2 Å². The molecule has 0 atom stereocenters.